The quantitative estimate of drug-likeness (QED) is 0.308. The van der Waals surface area contributed by atoms with Gasteiger partial charge in [-0.2, -0.15) is 0 Å². The number of nitrogens with zero attached hydrogens (tertiary/aromatic N) is 4. The van der Waals surface area contributed by atoms with Gasteiger partial charge in [-0.3, -0.25) is 4.57 Å². The van der Waals surface area contributed by atoms with E-state index in [-0.39, 0.29) is 22.3 Å². The van der Waals surface area contributed by atoms with E-state index in [0.717, 1.165) is 16.7 Å². The highest BCUT2D eigenvalue weighted by atomic mass is 35.5. The molecule has 1 fully saturated rings. The van der Waals surface area contributed by atoms with Crippen LogP contribution < -0.4 is 10.1 Å². The zero-order chi connectivity index (χ0) is 21.5. The lowest BCUT2D eigenvalue weighted by atomic mass is 10.2. The Hall–Kier alpha value is -3.65. The van der Waals surface area contributed by atoms with E-state index in [1.54, 1.807) is 13.2 Å². The molecule has 1 aromatic carbocycles. The van der Waals surface area contributed by atoms with Crippen molar-refractivity contribution in [2.45, 2.75) is 18.8 Å². The van der Waals surface area contributed by atoms with E-state index in [4.69, 9.17) is 16.3 Å². The number of fused-ring (bicyclic) bond motifs is 1. The van der Waals surface area contributed by atoms with Gasteiger partial charge in [0, 0.05) is 23.8 Å². The number of benzene rings is 1. The van der Waals surface area contributed by atoms with Crippen LogP contribution in [-0.4, -0.2) is 26.5 Å². The van der Waals surface area contributed by atoms with Crippen molar-refractivity contribution in [1.82, 2.24) is 14.5 Å². The van der Waals surface area contributed by atoms with Gasteiger partial charge < -0.3 is 20.2 Å². The summed E-state index contributed by atoms with van der Waals surface area (Å²) in [5.74, 6) is 0.857. The van der Waals surface area contributed by atoms with Gasteiger partial charge in [0.1, 0.15) is 16.4 Å². The molecular formula is C22H18ClN5O3. The summed E-state index contributed by atoms with van der Waals surface area (Å²) in [4.78, 5) is 19.1. The van der Waals surface area contributed by atoms with Gasteiger partial charge in [0.2, 0.25) is 0 Å². The van der Waals surface area contributed by atoms with E-state index in [0.29, 0.717) is 11.7 Å². The van der Waals surface area contributed by atoms with Crippen LogP contribution in [-0.2, 0) is 0 Å². The Labute approximate surface area is 182 Å². The highest BCUT2D eigenvalue weighted by Crippen LogP contribution is 2.44. The highest BCUT2D eigenvalue weighted by Gasteiger charge is 2.29. The van der Waals surface area contributed by atoms with Gasteiger partial charge in [-0.25, -0.2) is 4.98 Å². The SMILES string of the molecule is CNc1c([N+](=O)[O-])ncc(Oc2cnc3c(c2)cc(C2CC2)n3-c2ccccc2)c1Cl. The van der Waals surface area contributed by atoms with Crippen molar-refractivity contribution in [3.8, 4) is 17.2 Å². The first-order valence-electron chi connectivity index (χ1n) is 9.82. The lowest BCUT2D eigenvalue weighted by Crippen LogP contribution is -2.01. The number of rotatable bonds is 6. The average molecular weight is 436 g/mol. The molecule has 31 heavy (non-hydrogen) atoms. The highest BCUT2D eigenvalue weighted by molar-refractivity contribution is 6.35. The summed E-state index contributed by atoms with van der Waals surface area (Å²) >= 11 is 6.33. The Morgan fingerprint density at radius 3 is 2.65 bits per heavy atom. The number of nitro groups is 1. The first-order chi connectivity index (χ1) is 15.1. The fraction of sp³-hybridized carbons (Fsp3) is 0.182. The van der Waals surface area contributed by atoms with Crippen molar-refractivity contribution in [3.63, 3.8) is 0 Å². The van der Waals surface area contributed by atoms with Crippen LogP contribution in [0.3, 0.4) is 0 Å². The smallest absolute Gasteiger partial charge is 0.388 e. The summed E-state index contributed by atoms with van der Waals surface area (Å²) in [5, 5.41) is 14.9. The molecule has 1 N–H and O–H groups in total. The molecule has 0 atom stereocenters. The summed E-state index contributed by atoms with van der Waals surface area (Å²) in [6.45, 7) is 0. The van der Waals surface area contributed by atoms with Gasteiger partial charge in [-0.15, -0.1) is 0 Å². The average Bonchev–Trinajstić information content (AvgIpc) is 3.55. The molecule has 5 rings (SSSR count). The number of ether oxygens (including phenoxy) is 1. The van der Waals surface area contributed by atoms with Crippen LogP contribution in [0.15, 0.2) is 54.9 Å². The zero-order valence-electron chi connectivity index (χ0n) is 16.6. The van der Waals surface area contributed by atoms with E-state index in [1.807, 2.05) is 24.3 Å². The van der Waals surface area contributed by atoms with Gasteiger partial charge in [-0.1, -0.05) is 29.8 Å². The second kappa shape index (κ2) is 7.55. The van der Waals surface area contributed by atoms with E-state index >= 15 is 0 Å². The Morgan fingerprint density at radius 1 is 1.19 bits per heavy atom. The topological polar surface area (TPSA) is 95.1 Å². The summed E-state index contributed by atoms with van der Waals surface area (Å²) < 4.78 is 8.09. The molecule has 9 heteroatoms. The molecule has 0 amide bonds. The summed E-state index contributed by atoms with van der Waals surface area (Å²) in [5.41, 5.74) is 3.26. The molecule has 0 unspecified atom stereocenters. The maximum atomic E-state index is 11.2. The predicted octanol–water partition coefficient (Wildman–Crippen LogP) is 5.69. The number of para-hydroxylation sites is 1. The number of halogens is 1. The molecule has 0 spiro atoms. The second-order valence-electron chi connectivity index (χ2n) is 7.34. The van der Waals surface area contributed by atoms with E-state index in [2.05, 4.69) is 38.1 Å². The third-order valence-electron chi connectivity index (χ3n) is 5.27. The van der Waals surface area contributed by atoms with Crippen LogP contribution >= 0.6 is 11.6 Å². The fourth-order valence-corrected chi connectivity index (χ4v) is 3.96. The van der Waals surface area contributed by atoms with Gasteiger partial charge in [0.15, 0.2) is 17.6 Å². The van der Waals surface area contributed by atoms with Gasteiger partial charge in [0.05, 0.1) is 6.20 Å². The van der Waals surface area contributed by atoms with Crippen molar-refractivity contribution < 1.29 is 9.66 Å². The minimum Gasteiger partial charge on any atom is -0.450 e. The standard InChI is InChI=1S/C22H18ClN5O3/c1-24-20-19(23)18(12-26-22(20)28(29)30)31-16-9-14-10-17(13-7-8-13)27(21(14)25-11-16)15-5-3-2-4-6-15/h2-6,9-13,24H,7-8H2,1H3. The number of anilines is 1. The molecule has 0 radical (unpaired) electrons. The second-order valence-corrected chi connectivity index (χ2v) is 7.72. The molecule has 8 nitrogen and oxygen atoms in total. The van der Waals surface area contributed by atoms with Gasteiger partial charge >= 0.3 is 5.82 Å². The van der Waals surface area contributed by atoms with Crippen molar-refractivity contribution in [2.24, 2.45) is 0 Å². The number of nitrogens with one attached hydrogen (secondary N) is 1. The Kier molecular flexibility index (Phi) is 4.71. The Morgan fingerprint density at radius 2 is 1.97 bits per heavy atom. The van der Waals surface area contributed by atoms with Crippen LogP contribution in [0.1, 0.15) is 24.5 Å². The maximum Gasteiger partial charge on any atom is 0.388 e. The number of hydrogen-bond donors (Lipinski definition) is 1. The monoisotopic (exact) mass is 435 g/mol. The van der Waals surface area contributed by atoms with Crippen molar-refractivity contribution in [1.29, 1.82) is 0 Å². The fourth-order valence-electron chi connectivity index (χ4n) is 3.70. The van der Waals surface area contributed by atoms with Gasteiger partial charge in [0.25, 0.3) is 0 Å². The third-order valence-corrected chi connectivity index (χ3v) is 5.64. The largest absolute Gasteiger partial charge is 0.450 e. The molecule has 156 valence electrons. The van der Waals surface area contributed by atoms with E-state index in [9.17, 15) is 10.1 Å². The van der Waals surface area contributed by atoms with Crippen LogP contribution in [0.5, 0.6) is 11.5 Å². The molecule has 1 aliphatic carbocycles. The van der Waals surface area contributed by atoms with Crippen LogP contribution in [0.2, 0.25) is 5.02 Å². The first-order valence-corrected chi connectivity index (χ1v) is 10.2. The van der Waals surface area contributed by atoms with Crippen LogP contribution in [0.4, 0.5) is 11.5 Å². The normalized spacial score (nSPS) is 13.4. The van der Waals surface area contributed by atoms with Gasteiger partial charge in [-0.05, 0) is 52.9 Å². The lowest BCUT2D eigenvalue weighted by molar-refractivity contribution is -0.388. The van der Waals surface area contributed by atoms with Crippen molar-refractivity contribution >= 4 is 34.1 Å². The summed E-state index contributed by atoms with van der Waals surface area (Å²) in [7, 11) is 1.54. The number of pyridine rings is 2. The predicted molar refractivity (Wildman–Crippen MR) is 119 cm³/mol. The molecule has 0 bridgehead atoms. The Bertz CT molecular complexity index is 1300. The van der Waals surface area contributed by atoms with E-state index < -0.39 is 4.92 Å². The lowest BCUT2D eigenvalue weighted by Gasteiger charge is -2.11. The number of hydrogen-bond acceptors (Lipinski definition) is 6. The summed E-state index contributed by atoms with van der Waals surface area (Å²) in [6.07, 6.45) is 5.21. The molecule has 4 aromatic rings. The Balaban J connectivity index is 1.55. The van der Waals surface area contributed by atoms with Crippen LogP contribution in [0, 0.1) is 10.1 Å². The van der Waals surface area contributed by atoms with Crippen molar-refractivity contribution in [2.75, 3.05) is 12.4 Å². The molecule has 0 saturated heterocycles. The van der Waals surface area contributed by atoms with E-state index in [1.165, 1.54) is 24.7 Å². The molecule has 1 aliphatic rings. The van der Waals surface area contributed by atoms with Crippen molar-refractivity contribution in [3.05, 3.63) is 75.7 Å². The molecule has 3 aromatic heterocycles. The molecular weight excluding hydrogens is 418 g/mol. The molecule has 1 saturated carbocycles. The molecule has 0 aliphatic heterocycles. The van der Waals surface area contributed by atoms with Crippen LogP contribution in [0.25, 0.3) is 16.7 Å². The number of aromatic nitrogens is 3. The zero-order valence-corrected chi connectivity index (χ0v) is 17.3. The molecule has 3 heterocycles. The maximum absolute atomic E-state index is 11.2. The first kappa shape index (κ1) is 19.3. The third kappa shape index (κ3) is 3.44. The minimum atomic E-state index is -0.596. The minimum absolute atomic E-state index is 0.0878. The summed E-state index contributed by atoms with van der Waals surface area (Å²) in [6, 6.07) is 14.2.